The Kier molecular flexibility index (Phi) is 5.69. The highest BCUT2D eigenvalue weighted by molar-refractivity contribution is 7.82. The van der Waals surface area contributed by atoms with E-state index >= 15 is 0 Å². The molecule has 0 fully saturated rings. The average Bonchev–Trinajstić information content (AvgIpc) is 3.26. The fourth-order valence-corrected chi connectivity index (χ4v) is 4.61. The van der Waals surface area contributed by atoms with E-state index in [9.17, 15) is 4.79 Å². The quantitative estimate of drug-likeness (QED) is 0.665. The second kappa shape index (κ2) is 7.79. The van der Waals surface area contributed by atoms with E-state index in [0.717, 1.165) is 48.4 Å². The molecule has 0 bridgehead atoms. The van der Waals surface area contributed by atoms with Gasteiger partial charge in [-0.05, 0) is 72.6 Å². The van der Waals surface area contributed by atoms with Crippen LogP contribution in [0.2, 0.25) is 0 Å². The first-order valence-electron chi connectivity index (χ1n) is 8.83. The van der Waals surface area contributed by atoms with Crippen molar-refractivity contribution in [3.63, 3.8) is 0 Å². The number of hydrogen-bond donors (Lipinski definition) is 3. The molecular formula is C19H25N3OS2. The van der Waals surface area contributed by atoms with E-state index < -0.39 is 6.03 Å². The van der Waals surface area contributed by atoms with Crippen LogP contribution in [0.4, 0.5) is 10.5 Å². The largest absolute Gasteiger partial charge is 0.351 e. The number of amides is 2. The number of nitrogens with one attached hydrogen (secondary N) is 1. The molecule has 2 aliphatic rings. The molecule has 0 unspecified atom stereocenters. The SMILES string of the molecule is CC(C)c1csc(S)c1.NC(=O)Nc1c2c(nc3c1CCC3)CCC2. The fourth-order valence-electron chi connectivity index (χ4n) is 3.50. The van der Waals surface area contributed by atoms with E-state index in [1.54, 1.807) is 11.3 Å². The number of nitrogens with two attached hydrogens (primary N) is 1. The topological polar surface area (TPSA) is 68.0 Å². The van der Waals surface area contributed by atoms with Crippen molar-refractivity contribution in [3.8, 4) is 0 Å². The van der Waals surface area contributed by atoms with Crippen LogP contribution in [0.1, 0.15) is 60.7 Å². The molecule has 0 spiro atoms. The molecule has 4 rings (SSSR count). The summed E-state index contributed by atoms with van der Waals surface area (Å²) in [6, 6.07) is 1.66. The van der Waals surface area contributed by atoms with Crippen molar-refractivity contribution in [2.45, 2.75) is 62.5 Å². The first kappa shape index (κ1) is 18.3. The normalized spacial score (nSPS) is 14.7. The predicted octanol–water partition coefficient (Wildman–Crippen LogP) is 4.71. The zero-order valence-corrected chi connectivity index (χ0v) is 16.5. The van der Waals surface area contributed by atoms with E-state index in [2.05, 4.69) is 43.2 Å². The molecule has 2 amide bonds. The lowest BCUT2D eigenvalue weighted by atomic mass is 10.1. The van der Waals surface area contributed by atoms with Gasteiger partial charge in [0.1, 0.15) is 0 Å². The number of aromatic nitrogens is 1. The Morgan fingerprint density at radius 2 is 1.80 bits per heavy atom. The third-order valence-electron chi connectivity index (χ3n) is 4.77. The van der Waals surface area contributed by atoms with Gasteiger partial charge in [-0.3, -0.25) is 4.98 Å². The number of primary amides is 1. The highest BCUT2D eigenvalue weighted by atomic mass is 32.2. The third kappa shape index (κ3) is 4.18. The number of carbonyl (C=O) groups excluding carboxylic acids is 1. The first-order chi connectivity index (χ1) is 12.0. The summed E-state index contributed by atoms with van der Waals surface area (Å²) >= 11 is 5.92. The molecule has 3 N–H and O–H groups in total. The molecule has 4 nitrogen and oxygen atoms in total. The number of hydrogen-bond acceptors (Lipinski definition) is 4. The molecule has 134 valence electrons. The van der Waals surface area contributed by atoms with Gasteiger partial charge in [0.2, 0.25) is 0 Å². The number of pyridine rings is 1. The number of aryl methyl sites for hydroxylation is 2. The molecule has 0 saturated carbocycles. The van der Waals surface area contributed by atoms with E-state index in [4.69, 9.17) is 10.7 Å². The van der Waals surface area contributed by atoms with Gasteiger partial charge in [-0.1, -0.05) is 13.8 Å². The fraction of sp³-hybridized carbons (Fsp3) is 0.474. The number of carbonyl (C=O) groups is 1. The van der Waals surface area contributed by atoms with E-state index in [0.29, 0.717) is 5.92 Å². The predicted molar refractivity (Wildman–Crippen MR) is 107 cm³/mol. The van der Waals surface area contributed by atoms with Gasteiger partial charge in [-0.2, -0.15) is 0 Å². The Bertz CT molecular complexity index is 751. The molecular weight excluding hydrogens is 350 g/mol. The van der Waals surface area contributed by atoms with Crippen molar-refractivity contribution < 1.29 is 4.79 Å². The Morgan fingerprint density at radius 1 is 1.20 bits per heavy atom. The standard InChI is InChI=1S/C12H15N3O.C7H10S2/c13-12(16)15-11-7-3-1-5-9(7)14-10-6-2-4-8(10)11;1-5(2)6-3-7(8)9-4-6/h1-6H2,(H3,13,14,15,16);3-5,8H,1-2H3. The van der Waals surface area contributed by atoms with Crippen molar-refractivity contribution in [3.05, 3.63) is 39.5 Å². The number of urea groups is 1. The van der Waals surface area contributed by atoms with Crippen LogP contribution >= 0.6 is 24.0 Å². The highest BCUT2D eigenvalue weighted by Crippen LogP contribution is 2.36. The van der Waals surface area contributed by atoms with Crippen LogP contribution in [0.3, 0.4) is 0 Å². The summed E-state index contributed by atoms with van der Waals surface area (Å²) < 4.78 is 1.11. The smallest absolute Gasteiger partial charge is 0.316 e. The number of thiophene rings is 1. The van der Waals surface area contributed by atoms with Crippen LogP contribution in [0.15, 0.2) is 15.7 Å². The Hall–Kier alpha value is -1.53. The van der Waals surface area contributed by atoms with E-state index in [1.165, 1.54) is 28.1 Å². The molecule has 2 aromatic heterocycles. The molecule has 25 heavy (non-hydrogen) atoms. The molecule has 6 heteroatoms. The lowest BCUT2D eigenvalue weighted by Gasteiger charge is -2.13. The number of anilines is 1. The van der Waals surface area contributed by atoms with Gasteiger partial charge in [0.25, 0.3) is 0 Å². The van der Waals surface area contributed by atoms with Gasteiger partial charge >= 0.3 is 6.03 Å². The number of thiol groups is 1. The molecule has 2 aromatic rings. The molecule has 0 aliphatic heterocycles. The van der Waals surface area contributed by atoms with Crippen molar-refractivity contribution in [1.29, 1.82) is 0 Å². The molecule has 0 saturated heterocycles. The Balaban J connectivity index is 0.000000173. The summed E-state index contributed by atoms with van der Waals surface area (Å²) in [7, 11) is 0. The molecule has 0 aromatic carbocycles. The van der Waals surface area contributed by atoms with Gasteiger partial charge in [0.15, 0.2) is 0 Å². The minimum atomic E-state index is -0.464. The average molecular weight is 376 g/mol. The molecule has 0 atom stereocenters. The molecule has 2 aliphatic carbocycles. The van der Waals surface area contributed by atoms with Gasteiger partial charge in [0, 0.05) is 11.4 Å². The number of rotatable bonds is 2. The summed E-state index contributed by atoms with van der Waals surface area (Å²) in [6.45, 7) is 4.38. The van der Waals surface area contributed by atoms with E-state index in [-0.39, 0.29) is 0 Å². The maximum atomic E-state index is 11.1. The van der Waals surface area contributed by atoms with Crippen molar-refractivity contribution in [2.75, 3.05) is 5.32 Å². The van der Waals surface area contributed by atoms with Crippen LogP contribution in [0.5, 0.6) is 0 Å². The first-order valence-corrected chi connectivity index (χ1v) is 10.2. The van der Waals surface area contributed by atoms with Crippen molar-refractivity contribution >= 4 is 35.7 Å². The molecule has 2 heterocycles. The zero-order chi connectivity index (χ0) is 18.0. The number of fused-ring (bicyclic) bond motifs is 2. The van der Waals surface area contributed by atoms with Gasteiger partial charge in [-0.15, -0.1) is 24.0 Å². The minimum absolute atomic E-state index is 0.464. The zero-order valence-electron chi connectivity index (χ0n) is 14.8. The summed E-state index contributed by atoms with van der Waals surface area (Å²) in [5.74, 6) is 0.641. The van der Waals surface area contributed by atoms with Crippen molar-refractivity contribution in [1.82, 2.24) is 4.98 Å². The van der Waals surface area contributed by atoms with Crippen LogP contribution < -0.4 is 11.1 Å². The second-order valence-electron chi connectivity index (χ2n) is 6.91. The summed E-state index contributed by atoms with van der Waals surface area (Å²) in [5.41, 5.74) is 12.4. The maximum absolute atomic E-state index is 11.1. The second-order valence-corrected chi connectivity index (χ2v) is 8.60. The Labute approximate surface area is 158 Å². The van der Waals surface area contributed by atoms with Crippen LogP contribution in [-0.2, 0) is 25.7 Å². The van der Waals surface area contributed by atoms with Crippen LogP contribution in [0, 0.1) is 0 Å². The highest BCUT2D eigenvalue weighted by Gasteiger charge is 2.25. The van der Waals surface area contributed by atoms with Crippen LogP contribution in [0.25, 0.3) is 0 Å². The summed E-state index contributed by atoms with van der Waals surface area (Å²) in [6.07, 6.45) is 6.39. The van der Waals surface area contributed by atoms with Gasteiger partial charge < -0.3 is 11.1 Å². The summed E-state index contributed by atoms with van der Waals surface area (Å²) in [5, 5.41) is 4.96. The monoisotopic (exact) mass is 375 g/mol. The van der Waals surface area contributed by atoms with Crippen molar-refractivity contribution in [2.24, 2.45) is 5.73 Å². The lowest BCUT2D eigenvalue weighted by Crippen LogP contribution is -2.21. The summed E-state index contributed by atoms with van der Waals surface area (Å²) in [4.78, 5) is 15.8. The molecule has 0 radical (unpaired) electrons. The van der Waals surface area contributed by atoms with E-state index in [1.807, 2.05) is 0 Å². The number of nitrogens with zero attached hydrogens (tertiary/aromatic N) is 1. The maximum Gasteiger partial charge on any atom is 0.316 e. The minimum Gasteiger partial charge on any atom is -0.351 e. The Morgan fingerprint density at radius 3 is 2.20 bits per heavy atom. The lowest BCUT2D eigenvalue weighted by molar-refractivity contribution is 0.259. The third-order valence-corrected chi connectivity index (χ3v) is 5.97. The van der Waals surface area contributed by atoms with Crippen LogP contribution in [-0.4, -0.2) is 11.0 Å². The van der Waals surface area contributed by atoms with Gasteiger partial charge in [0.05, 0.1) is 9.90 Å². The van der Waals surface area contributed by atoms with Gasteiger partial charge in [-0.25, -0.2) is 4.79 Å².